The van der Waals surface area contributed by atoms with Crippen molar-refractivity contribution in [3.05, 3.63) is 12.2 Å². The molecule has 1 heteroatoms. The highest BCUT2D eigenvalue weighted by Crippen LogP contribution is 2.18. The molecular weight excluding hydrogens is 110 g/mol. The van der Waals surface area contributed by atoms with E-state index in [1.165, 1.54) is 25.1 Å². The van der Waals surface area contributed by atoms with Crippen molar-refractivity contribution < 1.29 is 0 Å². The smallest absolute Gasteiger partial charge is 0.00413 e. The largest absolute Gasteiger partial charge is 0.305 e. The molecule has 0 aromatic heterocycles. The van der Waals surface area contributed by atoms with Gasteiger partial charge in [-0.3, -0.25) is 0 Å². The van der Waals surface area contributed by atoms with Crippen molar-refractivity contribution in [3.63, 3.8) is 0 Å². The van der Waals surface area contributed by atoms with E-state index >= 15 is 0 Å². The van der Waals surface area contributed by atoms with Crippen molar-refractivity contribution in [3.8, 4) is 0 Å². The van der Waals surface area contributed by atoms with E-state index in [4.69, 9.17) is 0 Å². The quantitative estimate of drug-likeness (QED) is 0.444. The van der Waals surface area contributed by atoms with E-state index in [1.807, 2.05) is 0 Å². The molecule has 0 spiro atoms. The molecule has 1 fully saturated rings. The Kier molecular flexibility index (Phi) is 1.91. The normalized spacial score (nSPS) is 30.9. The molecule has 1 atom stereocenters. The summed E-state index contributed by atoms with van der Waals surface area (Å²) in [6, 6.07) is 0. The molecule has 0 aromatic rings. The summed E-state index contributed by atoms with van der Waals surface area (Å²) in [5.74, 6) is 0.712. The number of rotatable bonds is 0. The monoisotopic (exact) mass is 125 g/mol. The Balaban J connectivity index is 2.44. The molecule has 1 aliphatic rings. The average molecular weight is 125 g/mol. The predicted molar refractivity (Wildman–Crippen MR) is 40.4 cm³/mol. The molecule has 0 amide bonds. The van der Waals surface area contributed by atoms with Crippen LogP contribution in [0.1, 0.15) is 13.3 Å². The summed E-state index contributed by atoms with van der Waals surface area (Å²) in [7, 11) is 2.17. The fourth-order valence-electron chi connectivity index (χ4n) is 1.27. The molecule has 1 rings (SSSR count). The van der Waals surface area contributed by atoms with Gasteiger partial charge in [0.15, 0.2) is 0 Å². The van der Waals surface area contributed by atoms with Crippen molar-refractivity contribution in [2.45, 2.75) is 13.3 Å². The van der Waals surface area contributed by atoms with E-state index in [9.17, 15) is 0 Å². The molecule has 1 nitrogen and oxygen atoms in total. The van der Waals surface area contributed by atoms with E-state index in [0.717, 1.165) is 0 Å². The molecular formula is C8H15N. The minimum atomic E-state index is 0.712. The molecule has 1 saturated heterocycles. The van der Waals surface area contributed by atoms with Gasteiger partial charge >= 0.3 is 0 Å². The Morgan fingerprint density at radius 2 is 2.33 bits per heavy atom. The van der Waals surface area contributed by atoms with E-state index in [2.05, 4.69) is 25.5 Å². The van der Waals surface area contributed by atoms with Crippen LogP contribution < -0.4 is 0 Å². The van der Waals surface area contributed by atoms with E-state index in [-0.39, 0.29) is 0 Å². The molecule has 0 saturated carbocycles. The van der Waals surface area contributed by atoms with Crippen LogP contribution in [0.3, 0.4) is 0 Å². The summed E-state index contributed by atoms with van der Waals surface area (Å²) in [6.45, 7) is 8.64. The standard InChI is InChI=1S/C8H15N/c1-7-4-5-9(3)6-8(7)2/h8H,1,4-6H2,2-3H3. The molecule has 52 valence electrons. The van der Waals surface area contributed by atoms with Crippen LogP contribution >= 0.6 is 0 Å². The first-order valence-corrected chi connectivity index (χ1v) is 3.56. The third-order valence-electron chi connectivity index (χ3n) is 2.10. The maximum absolute atomic E-state index is 4.00. The van der Waals surface area contributed by atoms with Crippen LogP contribution in [0, 0.1) is 5.92 Å². The number of nitrogens with zero attached hydrogens (tertiary/aromatic N) is 1. The fourth-order valence-corrected chi connectivity index (χ4v) is 1.27. The molecule has 9 heavy (non-hydrogen) atoms. The predicted octanol–water partition coefficient (Wildman–Crippen LogP) is 1.51. The van der Waals surface area contributed by atoms with Gasteiger partial charge in [0.2, 0.25) is 0 Å². The minimum absolute atomic E-state index is 0.712. The van der Waals surface area contributed by atoms with Gasteiger partial charge in [0.1, 0.15) is 0 Å². The van der Waals surface area contributed by atoms with Crippen molar-refractivity contribution in [2.75, 3.05) is 20.1 Å². The van der Waals surface area contributed by atoms with Crippen molar-refractivity contribution in [2.24, 2.45) is 5.92 Å². The number of likely N-dealkylation sites (tertiary alicyclic amines) is 1. The Morgan fingerprint density at radius 1 is 1.67 bits per heavy atom. The highest BCUT2D eigenvalue weighted by Gasteiger charge is 2.15. The summed E-state index contributed by atoms with van der Waals surface area (Å²) >= 11 is 0. The van der Waals surface area contributed by atoms with Crippen LogP contribution in [-0.2, 0) is 0 Å². The number of hydrogen-bond donors (Lipinski definition) is 0. The third-order valence-corrected chi connectivity index (χ3v) is 2.10. The lowest BCUT2D eigenvalue weighted by Gasteiger charge is -2.28. The van der Waals surface area contributed by atoms with Gasteiger partial charge in [-0.1, -0.05) is 19.1 Å². The van der Waals surface area contributed by atoms with Gasteiger partial charge in [0.05, 0.1) is 0 Å². The van der Waals surface area contributed by atoms with Crippen LogP contribution in [0.5, 0.6) is 0 Å². The first-order chi connectivity index (χ1) is 4.20. The van der Waals surface area contributed by atoms with E-state index < -0.39 is 0 Å². The van der Waals surface area contributed by atoms with Crippen LogP contribution in [0.2, 0.25) is 0 Å². The SMILES string of the molecule is C=C1CCN(C)CC1C. The molecule has 1 aliphatic heterocycles. The van der Waals surface area contributed by atoms with Gasteiger partial charge < -0.3 is 4.90 Å². The van der Waals surface area contributed by atoms with Gasteiger partial charge in [-0.05, 0) is 19.4 Å². The lowest BCUT2D eigenvalue weighted by molar-refractivity contribution is 0.268. The van der Waals surface area contributed by atoms with Gasteiger partial charge in [0.25, 0.3) is 0 Å². The Hall–Kier alpha value is -0.300. The zero-order chi connectivity index (χ0) is 6.85. The zero-order valence-corrected chi connectivity index (χ0v) is 6.35. The van der Waals surface area contributed by atoms with Crippen LogP contribution in [0.15, 0.2) is 12.2 Å². The Morgan fingerprint density at radius 3 is 2.78 bits per heavy atom. The first kappa shape index (κ1) is 6.81. The molecule has 0 bridgehead atoms. The Bertz CT molecular complexity index is 118. The van der Waals surface area contributed by atoms with Gasteiger partial charge in [-0.2, -0.15) is 0 Å². The summed E-state index contributed by atoms with van der Waals surface area (Å²) in [5, 5.41) is 0. The van der Waals surface area contributed by atoms with Gasteiger partial charge in [-0.25, -0.2) is 0 Å². The number of piperidine rings is 1. The molecule has 0 radical (unpaired) electrons. The molecule has 1 heterocycles. The van der Waals surface area contributed by atoms with E-state index in [1.54, 1.807) is 0 Å². The van der Waals surface area contributed by atoms with E-state index in [0.29, 0.717) is 5.92 Å². The highest BCUT2D eigenvalue weighted by molar-refractivity contribution is 5.03. The topological polar surface area (TPSA) is 3.24 Å². The lowest BCUT2D eigenvalue weighted by atomic mass is 9.95. The maximum Gasteiger partial charge on any atom is 0.00413 e. The second kappa shape index (κ2) is 2.53. The first-order valence-electron chi connectivity index (χ1n) is 3.56. The summed E-state index contributed by atoms with van der Waals surface area (Å²) in [5.41, 5.74) is 1.42. The fraction of sp³-hybridized carbons (Fsp3) is 0.750. The van der Waals surface area contributed by atoms with Gasteiger partial charge in [0, 0.05) is 13.1 Å². The maximum atomic E-state index is 4.00. The Labute approximate surface area is 57.4 Å². The third kappa shape index (κ3) is 1.55. The summed E-state index contributed by atoms with van der Waals surface area (Å²) in [4.78, 5) is 2.36. The second-order valence-electron chi connectivity index (χ2n) is 3.07. The van der Waals surface area contributed by atoms with Crippen molar-refractivity contribution in [1.82, 2.24) is 4.90 Å². The van der Waals surface area contributed by atoms with Crippen molar-refractivity contribution >= 4 is 0 Å². The second-order valence-corrected chi connectivity index (χ2v) is 3.07. The zero-order valence-electron chi connectivity index (χ0n) is 6.35. The van der Waals surface area contributed by atoms with Crippen LogP contribution in [0.25, 0.3) is 0 Å². The summed E-state index contributed by atoms with van der Waals surface area (Å²) in [6.07, 6.45) is 1.19. The van der Waals surface area contributed by atoms with Crippen LogP contribution in [0.4, 0.5) is 0 Å². The molecule has 0 aromatic carbocycles. The lowest BCUT2D eigenvalue weighted by Crippen LogP contribution is -2.31. The average Bonchev–Trinajstić information content (AvgIpc) is 1.80. The number of hydrogen-bond acceptors (Lipinski definition) is 1. The molecule has 1 unspecified atom stereocenters. The van der Waals surface area contributed by atoms with Crippen LogP contribution in [-0.4, -0.2) is 25.0 Å². The summed E-state index contributed by atoms with van der Waals surface area (Å²) < 4.78 is 0. The van der Waals surface area contributed by atoms with Gasteiger partial charge in [-0.15, -0.1) is 0 Å². The highest BCUT2D eigenvalue weighted by atomic mass is 15.1. The molecule has 0 N–H and O–H groups in total. The van der Waals surface area contributed by atoms with Crippen molar-refractivity contribution in [1.29, 1.82) is 0 Å². The molecule has 0 aliphatic carbocycles. The minimum Gasteiger partial charge on any atom is -0.305 e.